The van der Waals surface area contributed by atoms with Crippen LogP contribution in [0.3, 0.4) is 0 Å². The molecule has 0 aromatic rings. The number of hydrogen-bond donors (Lipinski definition) is 1. The van der Waals surface area contributed by atoms with Gasteiger partial charge in [-0.25, -0.2) is 0 Å². The highest BCUT2D eigenvalue weighted by molar-refractivity contribution is 5.70. The Bertz CT molecular complexity index is 622. The summed E-state index contributed by atoms with van der Waals surface area (Å²) in [4.78, 5) is 24.2. The van der Waals surface area contributed by atoms with E-state index < -0.39 is 6.10 Å². The Morgan fingerprint density at radius 1 is 0.413 bits per heavy atom. The third-order valence-corrected chi connectivity index (χ3v) is 9.40. The van der Waals surface area contributed by atoms with Crippen LogP contribution in [0, 0.1) is 0 Å². The van der Waals surface area contributed by atoms with E-state index in [9.17, 15) is 14.7 Å². The van der Waals surface area contributed by atoms with Crippen LogP contribution in [-0.2, 0) is 19.1 Å². The molecule has 0 fully saturated rings. The second-order valence-electron chi connectivity index (χ2n) is 14.1. The predicted octanol–water partition coefficient (Wildman–Crippen LogP) is 12.7. The SMILES string of the molecule is CCCCCCCCCCCCCCCCCCCCCCCC(=O)OC[C@H](CO)OC(=O)CCCCCCCCCCCCC. The molecule has 0 amide bonds. The Balaban J connectivity index is 3.44. The van der Waals surface area contributed by atoms with E-state index >= 15 is 0 Å². The van der Waals surface area contributed by atoms with Crippen LogP contribution in [0.5, 0.6) is 0 Å². The molecule has 0 aliphatic carbocycles. The van der Waals surface area contributed by atoms with Crippen molar-refractivity contribution in [1.29, 1.82) is 0 Å². The van der Waals surface area contributed by atoms with Crippen molar-refractivity contribution in [1.82, 2.24) is 0 Å². The van der Waals surface area contributed by atoms with Gasteiger partial charge in [0, 0.05) is 12.8 Å². The lowest BCUT2D eigenvalue weighted by molar-refractivity contribution is -0.161. The number of carbonyl (C=O) groups is 2. The summed E-state index contributed by atoms with van der Waals surface area (Å²) in [5, 5.41) is 9.54. The van der Waals surface area contributed by atoms with Crippen molar-refractivity contribution in [3.63, 3.8) is 0 Å². The van der Waals surface area contributed by atoms with Crippen molar-refractivity contribution in [2.45, 2.75) is 238 Å². The normalized spacial score (nSPS) is 12.0. The highest BCUT2D eigenvalue weighted by Gasteiger charge is 2.16. The molecule has 274 valence electrons. The summed E-state index contributed by atoms with van der Waals surface area (Å²) in [6.45, 7) is 4.16. The smallest absolute Gasteiger partial charge is 0.306 e. The van der Waals surface area contributed by atoms with Gasteiger partial charge < -0.3 is 14.6 Å². The maximum atomic E-state index is 12.1. The zero-order chi connectivity index (χ0) is 33.6. The van der Waals surface area contributed by atoms with Crippen LogP contribution in [-0.4, -0.2) is 36.4 Å². The molecule has 5 heteroatoms. The second-order valence-corrected chi connectivity index (χ2v) is 14.1. The van der Waals surface area contributed by atoms with Gasteiger partial charge in [-0.1, -0.05) is 206 Å². The van der Waals surface area contributed by atoms with Crippen molar-refractivity contribution >= 4 is 11.9 Å². The molecule has 0 rings (SSSR count). The second kappa shape index (κ2) is 38.3. The lowest BCUT2D eigenvalue weighted by Gasteiger charge is -2.15. The van der Waals surface area contributed by atoms with Crippen molar-refractivity contribution in [2.24, 2.45) is 0 Å². The molecule has 0 radical (unpaired) electrons. The van der Waals surface area contributed by atoms with Gasteiger partial charge in [0.2, 0.25) is 0 Å². The number of carbonyl (C=O) groups excluding carboxylic acids is 2. The molecule has 0 aromatic heterocycles. The lowest BCUT2D eigenvalue weighted by atomic mass is 10.0. The van der Waals surface area contributed by atoms with Gasteiger partial charge in [-0.05, 0) is 12.8 Å². The Morgan fingerprint density at radius 2 is 0.674 bits per heavy atom. The maximum absolute atomic E-state index is 12.1. The quantitative estimate of drug-likeness (QED) is 0.0531. The van der Waals surface area contributed by atoms with Crippen LogP contribution in [0.4, 0.5) is 0 Å². The first-order valence-electron chi connectivity index (χ1n) is 20.6. The molecule has 0 bridgehead atoms. The first-order valence-corrected chi connectivity index (χ1v) is 20.6. The summed E-state index contributed by atoms with van der Waals surface area (Å²) in [6, 6.07) is 0. The van der Waals surface area contributed by atoms with Gasteiger partial charge >= 0.3 is 11.9 Å². The Hall–Kier alpha value is -1.10. The molecule has 0 unspecified atom stereocenters. The van der Waals surface area contributed by atoms with Crippen LogP contribution < -0.4 is 0 Å². The number of ether oxygens (including phenoxy) is 2. The third-order valence-electron chi connectivity index (χ3n) is 9.40. The maximum Gasteiger partial charge on any atom is 0.306 e. The number of esters is 2. The van der Waals surface area contributed by atoms with E-state index in [2.05, 4.69) is 13.8 Å². The average molecular weight is 653 g/mol. The fourth-order valence-corrected chi connectivity index (χ4v) is 6.26. The Labute approximate surface area is 287 Å². The molecule has 0 aromatic carbocycles. The molecule has 46 heavy (non-hydrogen) atoms. The molecular weight excluding hydrogens is 572 g/mol. The highest BCUT2D eigenvalue weighted by Crippen LogP contribution is 2.16. The van der Waals surface area contributed by atoms with Crippen LogP contribution in [0.2, 0.25) is 0 Å². The topological polar surface area (TPSA) is 72.8 Å². The summed E-state index contributed by atoms with van der Waals surface area (Å²) in [5.74, 6) is -0.576. The molecule has 0 spiro atoms. The van der Waals surface area contributed by atoms with Crippen molar-refractivity contribution in [2.75, 3.05) is 13.2 Å². The number of rotatable bonds is 38. The molecule has 1 atom stereocenters. The molecule has 0 saturated heterocycles. The first-order chi connectivity index (χ1) is 22.6. The van der Waals surface area contributed by atoms with Gasteiger partial charge in [-0.2, -0.15) is 0 Å². The van der Waals surface area contributed by atoms with E-state index in [0.29, 0.717) is 12.8 Å². The predicted molar refractivity (Wildman–Crippen MR) is 196 cm³/mol. The summed E-state index contributed by atoms with van der Waals surface area (Å²) in [6.07, 6.45) is 41.7. The largest absolute Gasteiger partial charge is 0.462 e. The minimum absolute atomic E-state index is 0.0570. The zero-order valence-corrected chi connectivity index (χ0v) is 31.1. The van der Waals surface area contributed by atoms with Gasteiger partial charge in [0.1, 0.15) is 6.61 Å². The number of aliphatic hydroxyl groups excluding tert-OH is 1. The van der Waals surface area contributed by atoms with Crippen LogP contribution in [0.1, 0.15) is 232 Å². The first kappa shape index (κ1) is 44.9. The molecule has 5 nitrogen and oxygen atoms in total. The highest BCUT2D eigenvalue weighted by atomic mass is 16.6. The average Bonchev–Trinajstić information content (AvgIpc) is 3.06. The molecule has 1 N–H and O–H groups in total. The van der Waals surface area contributed by atoms with Gasteiger partial charge in [-0.15, -0.1) is 0 Å². The molecule has 0 aliphatic rings. The molecule has 0 aliphatic heterocycles. The number of aliphatic hydroxyl groups is 1. The minimum Gasteiger partial charge on any atom is -0.462 e. The van der Waals surface area contributed by atoms with Crippen LogP contribution in [0.25, 0.3) is 0 Å². The Kier molecular flexibility index (Phi) is 37.4. The van der Waals surface area contributed by atoms with E-state index in [1.165, 1.54) is 173 Å². The summed E-state index contributed by atoms with van der Waals surface area (Å²) < 4.78 is 10.6. The summed E-state index contributed by atoms with van der Waals surface area (Å²) in [7, 11) is 0. The summed E-state index contributed by atoms with van der Waals surface area (Å²) >= 11 is 0. The monoisotopic (exact) mass is 653 g/mol. The van der Waals surface area contributed by atoms with E-state index in [4.69, 9.17) is 9.47 Å². The van der Waals surface area contributed by atoms with Gasteiger partial charge in [0.05, 0.1) is 6.61 Å². The van der Waals surface area contributed by atoms with Crippen molar-refractivity contribution in [3.05, 3.63) is 0 Å². The molecular formula is C41H80O5. The Morgan fingerprint density at radius 3 is 0.957 bits per heavy atom. The van der Waals surface area contributed by atoms with Crippen molar-refractivity contribution in [3.8, 4) is 0 Å². The zero-order valence-electron chi connectivity index (χ0n) is 31.1. The van der Waals surface area contributed by atoms with Crippen LogP contribution in [0.15, 0.2) is 0 Å². The summed E-state index contributed by atoms with van der Waals surface area (Å²) in [5.41, 5.74) is 0. The van der Waals surface area contributed by atoms with E-state index in [1.54, 1.807) is 0 Å². The van der Waals surface area contributed by atoms with Gasteiger partial charge in [-0.3, -0.25) is 9.59 Å². The van der Waals surface area contributed by atoms with Crippen molar-refractivity contribution < 1.29 is 24.2 Å². The number of unbranched alkanes of at least 4 members (excludes halogenated alkanes) is 30. The van der Waals surface area contributed by atoms with Gasteiger partial charge in [0.15, 0.2) is 6.10 Å². The van der Waals surface area contributed by atoms with E-state index in [1.807, 2.05) is 0 Å². The number of hydrogen-bond acceptors (Lipinski definition) is 5. The van der Waals surface area contributed by atoms with Gasteiger partial charge in [0.25, 0.3) is 0 Å². The lowest BCUT2D eigenvalue weighted by Crippen LogP contribution is -2.28. The molecule has 0 heterocycles. The van der Waals surface area contributed by atoms with E-state index in [0.717, 1.165) is 32.1 Å². The minimum atomic E-state index is -0.760. The fraction of sp³-hybridized carbons (Fsp3) is 0.951. The van der Waals surface area contributed by atoms with Crippen LogP contribution >= 0.6 is 0 Å². The third kappa shape index (κ3) is 35.7. The fourth-order valence-electron chi connectivity index (χ4n) is 6.26. The molecule has 0 saturated carbocycles. The standard InChI is InChI=1S/C41H80O5/c1-3-5-7-9-11-13-15-16-17-18-19-20-21-22-23-24-26-27-29-31-33-35-40(43)45-38-39(37-42)46-41(44)36-34-32-30-28-25-14-12-10-8-6-4-2/h39,42H,3-38H2,1-2H3/t39-/m0/s1. The van der Waals surface area contributed by atoms with E-state index in [-0.39, 0.29) is 25.2 Å².